The van der Waals surface area contributed by atoms with E-state index in [1.807, 2.05) is 6.92 Å². The van der Waals surface area contributed by atoms with Gasteiger partial charge in [0.2, 0.25) is 0 Å². The van der Waals surface area contributed by atoms with E-state index >= 15 is 0 Å². The minimum Gasteiger partial charge on any atom is -0.481 e. The molecule has 1 saturated carbocycles. The van der Waals surface area contributed by atoms with Gasteiger partial charge in [-0.1, -0.05) is 32.6 Å². The van der Waals surface area contributed by atoms with Crippen LogP contribution in [0.2, 0.25) is 0 Å². The van der Waals surface area contributed by atoms with Crippen molar-refractivity contribution in [1.29, 1.82) is 0 Å². The van der Waals surface area contributed by atoms with E-state index in [0.29, 0.717) is 19.4 Å². The molecule has 0 unspecified atom stereocenters. The quantitative estimate of drug-likeness (QED) is 0.659. The number of rotatable bonds is 5. The average Bonchev–Trinajstić information content (AvgIpc) is 2.60. The second-order valence-electron chi connectivity index (χ2n) is 5.11. The van der Waals surface area contributed by atoms with Crippen molar-refractivity contribution in [2.75, 3.05) is 13.1 Å². The lowest BCUT2D eigenvalue weighted by molar-refractivity contribution is -0.149. The summed E-state index contributed by atoms with van der Waals surface area (Å²) in [6.45, 7) is 2.83. The highest BCUT2D eigenvalue weighted by Crippen LogP contribution is 2.34. The van der Waals surface area contributed by atoms with Crippen molar-refractivity contribution in [2.45, 2.75) is 51.9 Å². The summed E-state index contributed by atoms with van der Waals surface area (Å²) >= 11 is 0. The minimum atomic E-state index is -0.778. The summed E-state index contributed by atoms with van der Waals surface area (Å²) in [5, 5.41) is 14.8. The second-order valence-corrected chi connectivity index (χ2v) is 5.11. The highest BCUT2D eigenvalue weighted by atomic mass is 16.4. The molecule has 5 heteroatoms. The molecule has 104 valence electrons. The Morgan fingerprint density at radius 3 is 2.22 bits per heavy atom. The third-order valence-corrected chi connectivity index (χ3v) is 3.64. The molecule has 1 aliphatic carbocycles. The number of hydrogen-bond donors (Lipinski definition) is 3. The number of hydrogen-bond acceptors (Lipinski definition) is 2. The van der Waals surface area contributed by atoms with Crippen molar-refractivity contribution in [2.24, 2.45) is 5.41 Å². The van der Waals surface area contributed by atoms with Crippen molar-refractivity contribution in [3.63, 3.8) is 0 Å². The van der Waals surface area contributed by atoms with Crippen molar-refractivity contribution in [3.8, 4) is 0 Å². The van der Waals surface area contributed by atoms with Crippen LogP contribution in [-0.4, -0.2) is 30.2 Å². The average molecular weight is 256 g/mol. The predicted octanol–water partition coefficient (Wildman–Crippen LogP) is 2.12. The molecule has 0 aromatic heterocycles. The van der Waals surface area contributed by atoms with E-state index in [-0.39, 0.29) is 12.6 Å². The lowest BCUT2D eigenvalue weighted by atomic mass is 9.80. The Balaban J connectivity index is 2.51. The highest BCUT2D eigenvalue weighted by Gasteiger charge is 2.38. The minimum absolute atomic E-state index is 0.234. The fourth-order valence-electron chi connectivity index (χ4n) is 2.42. The number of aliphatic carboxylic acids is 1. The first-order valence-corrected chi connectivity index (χ1v) is 6.86. The van der Waals surface area contributed by atoms with Crippen LogP contribution in [0.15, 0.2) is 0 Å². The van der Waals surface area contributed by atoms with Crippen molar-refractivity contribution >= 4 is 12.0 Å². The number of carboxylic acid groups (broad SMARTS) is 1. The maximum absolute atomic E-state index is 11.5. The predicted molar refractivity (Wildman–Crippen MR) is 69.5 cm³/mol. The summed E-state index contributed by atoms with van der Waals surface area (Å²) in [4.78, 5) is 23.0. The maximum atomic E-state index is 11.5. The molecular formula is C13H24N2O3. The van der Waals surface area contributed by atoms with Crippen molar-refractivity contribution in [1.82, 2.24) is 10.6 Å². The number of urea groups is 1. The van der Waals surface area contributed by atoms with Gasteiger partial charge in [0.05, 0.1) is 5.41 Å². The Morgan fingerprint density at radius 2 is 1.72 bits per heavy atom. The molecule has 1 aliphatic rings. The van der Waals surface area contributed by atoms with Gasteiger partial charge >= 0.3 is 12.0 Å². The largest absolute Gasteiger partial charge is 0.481 e. The van der Waals surface area contributed by atoms with E-state index in [0.717, 1.165) is 32.1 Å². The zero-order valence-corrected chi connectivity index (χ0v) is 11.1. The molecule has 0 spiro atoms. The van der Waals surface area contributed by atoms with E-state index in [1.165, 1.54) is 0 Å². The van der Waals surface area contributed by atoms with Crippen LogP contribution in [0.3, 0.4) is 0 Å². The fraction of sp³-hybridized carbons (Fsp3) is 0.846. The smallest absolute Gasteiger partial charge is 0.314 e. The van der Waals surface area contributed by atoms with Crippen LogP contribution >= 0.6 is 0 Å². The van der Waals surface area contributed by atoms with E-state index in [9.17, 15) is 14.7 Å². The van der Waals surface area contributed by atoms with E-state index in [4.69, 9.17) is 0 Å². The number of amides is 2. The summed E-state index contributed by atoms with van der Waals surface area (Å²) in [7, 11) is 0. The Hall–Kier alpha value is -1.26. The van der Waals surface area contributed by atoms with Gasteiger partial charge in [-0.05, 0) is 19.3 Å². The SMILES string of the molecule is CCCNC(=O)NCC1(C(=O)O)CCCCCC1. The Labute approximate surface area is 108 Å². The molecule has 0 heterocycles. The Morgan fingerprint density at radius 1 is 1.11 bits per heavy atom. The van der Waals surface area contributed by atoms with Crippen LogP contribution in [0, 0.1) is 5.41 Å². The first-order chi connectivity index (χ1) is 8.60. The van der Waals surface area contributed by atoms with Crippen LogP contribution < -0.4 is 10.6 Å². The van der Waals surface area contributed by atoms with E-state index in [1.54, 1.807) is 0 Å². The molecule has 1 rings (SSSR count). The molecule has 3 N–H and O–H groups in total. The molecule has 0 aliphatic heterocycles. The third-order valence-electron chi connectivity index (χ3n) is 3.64. The molecule has 1 fully saturated rings. The van der Waals surface area contributed by atoms with Crippen molar-refractivity contribution < 1.29 is 14.7 Å². The molecular weight excluding hydrogens is 232 g/mol. The molecule has 0 aromatic carbocycles. The molecule has 0 radical (unpaired) electrons. The second kappa shape index (κ2) is 7.24. The topological polar surface area (TPSA) is 78.4 Å². The normalized spacial score (nSPS) is 18.7. The Bertz CT molecular complexity index is 284. The molecule has 5 nitrogen and oxygen atoms in total. The number of carboxylic acids is 1. The highest BCUT2D eigenvalue weighted by molar-refractivity contribution is 5.78. The van der Waals surface area contributed by atoms with Crippen molar-refractivity contribution in [3.05, 3.63) is 0 Å². The molecule has 0 aromatic rings. The summed E-state index contributed by atoms with van der Waals surface area (Å²) in [5.41, 5.74) is -0.764. The first kappa shape index (κ1) is 14.8. The lowest BCUT2D eigenvalue weighted by Gasteiger charge is -2.28. The zero-order chi connectivity index (χ0) is 13.4. The van der Waals surface area contributed by atoms with Gasteiger partial charge < -0.3 is 15.7 Å². The van der Waals surface area contributed by atoms with Crippen LogP contribution in [0.4, 0.5) is 4.79 Å². The zero-order valence-electron chi connectivity index (χ0n) is 11.1. The molecule has 0 saturated heterocycles. The summed E-state index contributed by atoms with van der Waals surface area (Å²) < 4.78 is 0. The standard InChI is InChI=1S/C13H24N2O3/c1-2-9-14-12(18)15-10-13(11(16)17)7-5-3-4-6-8-13/h2-10H2,1H3,(H,16,17)(H2,14,15,18). The van der Waals surface area contributed by atoms with Gasteiger partial charge in [-0.25, -0.2) is 4.79 Å². The third kappa shape index (κ3) is 4.20. The van der Waals surface area contributed by atoms with Crippen LogP contribution in [0.25, 0.3) is 0 Å². The van der Waals surface area contributed by atoms with Gasteiger partial charge in [0.15, 0.2) is 0 Å². The molecule has 0 bridgehead atoms. The van der Waals surface area contributed by atoms with Crippen LogP contribution in [-0.2, 0) is 4.79 Å². The monoisotopic (exact) mass is 256 g/mol. The number of carbonyl (C=O) groups excluding carboxylic acids is 1. The van der Waals surface area contributed by atoms with Crippen LogP contribution in [0.5, 0.6) is 0 Å². The van der Waals surface area contributed by atoms with Gasteiger partial charge in [-0.3, -0.25) is 4.79 Å². The van der Waals surface area contributed by atoms with Crippen LogP contribution in [0.1, 0.15) is 51.9 Å². The van der Waals surface area contributed by atoms with Gasteiger partial charge in [0.1, 0.15) is 0 Å². The van der Waals surface area contributed by atoms with Gasteiger partial charge in [-0.2, -0.15) is 0 Å². The van der Waals surface area contributed by atoms with Gasteiger partial charge in [0, 0.05) is 13.1 Å². The molecule has 2 amide bonds. The van der Waals surface area contributed by atoms with E-state index < -0.39 is 11.4 Å². The number of carbonyl (C=O) groups is 2. The first-order valence-electron chi connectivity index (χ1n) is 6.86. The van der Waals surface area contributed by atoms with Gasteiger partial charge in [-0.15, -0.1) is 0 Å². The lowest BCUT2D eigenvalue weighted by Crippen LogP contribution is -2.46. The molecule has 0 atom stereocenters. The van der Waals surface area contributed by atoms with E-state index in [2.05, 4.69) is 10.6 Å². The fourth-order valence-corrected chi connectivity index (χ4v) is 2.42. The number of nitrogens with one attached hydrogen (secondary N) is 2. The maximum Gasteiger partial charge on any atom is 0.314 e. The summed E-state index contributed by atoms with van der Waals surface area (Å²) in [6.07, 6.45) is 6.26. The Kier molecular flexibility index (Phi) is 5.95. The molecule has 18 heavy (non-hydrogen) atoms. The summed E-state index contributed by atoms with van der Waals surface area (Å²) in [6, 6.07) is -0.262. The summed E-state index contributed by atoms with van der Waals surface area (Å²) in [5.74, 6) is -0.778. The van der Waals surface area contributed by atoms with Gasteiger partial charge in [0.25, 0.3) is 0 Å².